The van der Waals surface area contributed by atoms with E-state index in [-0.39, 0.29) is 5.70 Å². The zero-order valence-electron chi connectivity index (χ0n) is 13.7. The average molecular weight is 406 g/mol. The maximum absolute atomic E-state index is 11.5. The Morgan fingerprint density at radius 3 is 2.72 bits per heavy atom. The van der Waals surface area contributed by atoms with Gasteiger partial charge in [-0.3, -0.25) is 10.1 Å². The summed E-state index contributed by atoms with van der Waals surface area (Å²) < 4.78 is 17.6. The summed E-state index contributed by atoms with van der Waals surface area (Å²) >= 11 is 3.36. The molecule has 0 amide bonds. The van der Waals surface area contributed by atoms with Gasteiger partial charge in [-0.2, -0.15) is 0 Å². The molecule has 3 rings (SSSR count). The molecule has 0 bridgehead atoms. The summed E-state index contributed by atoms with van der Waals surface area (Å²) in [6.07, 6.45) is 0.713. The number of hydrogen-bond donors (Lipinski definition) is 0. The van der Waals surface area contributed by atoms with Crippen LogP contribution in [0.1, 0.15) is 24.2 Å². The number of nitrogens with zero attached hydrogens (tertiary/aromatic N) is 1. The molecule has 0 saturated heterocycles. The Balaban J connectivity index is 2.04. The molecule has 130 valence electrons. The minimum Gasteiger partial charge on any atom is -0.493 e. The topological polar surface area (TPSA) is 70.8 Å². The molecule has 0 fully saturated rings. The number of ether oxygens (including phenoxy) is 3. The molecular formula is C18H16BrNO5. The van der Waals surface area contributed by atoms with Crippen molar-refractivity contribution in [2.45, 2.75) is 13.0 Å². The molecule has 2 aromatic rings. The number of methoxy groups -OCH3 is 1. The van der Waals surface area contributed by atoms with E-state index in [1.165, 1.54) is 13.2 Å². The Kier molecular flexibility index (Phi) is 4.94. The van der Waals surface area contributed by atoms with E-state index in [1.54, 1.807) is 30.3 Å². The first-order valence-corrected chi connectivity index (χ1v) is 8.45. The van der Waals surface area contributed by atoms with Gasteiger partial charge in [-0.05, 0) is 37.3 Å². The quantitative estimate of drug-likeness (QED) is 0.536. The van der Waals surface area contributed by atoms with Crippen LogP contribution in [0, 0.1) is 10.1 Å². The lowest BCUT2D eigenvalue weighted by Gasteiger charge is -2.23. The molecule has 1 aliphatic rings. The monoisotopic (exact) mass is 405 g/mol. The van der Waals surface area contributed by atoms with Gasteiger partial charge in [-0.25, -0.2) is 0 Å². The third-order valence-corrected chi connectivity index (χ3v) is 4.28. The Morgan fingerprint density at radius 2 is 2.04 bits per heavy atom. The van der Waals surface area contributed by atoms with Crippen LogP contribution >= 0.6 is 15.9 Å². The van der Waals surface area contributed by atoms with Gasteiger partial charge >= 0.3 is 0 Å². The maximum Gasteiger partial charge on any atom is 0.291 e. The second-order valence-electron chi connectivity index (χ2n) is 5.35. The van der Waals surface area contributed by atoms with Gasteiger partial charge in [0.15, 0.2) is 11.5 Å². The summed E-state index contributed by atoms with van der Waals surface area (Å²) in [4.78, 5) is 11.1. The zero-order valence-corrected chi connectivity index (χ0v) is 15.3. The number of fused-ring (bicyclic) bond motifs is 1. The number of rotatable bonds is 5. The van der Waals surface area contributed by atoms with Gasteiger partial charge in [0.05, 0.1) is 18.6 Å². The van der Waals surface area contributed by atoms with Crippen LogP contribution in [-0.4, -0.2) is 18.6 Å². The Morgan fingerprint density at radius 1 is 1.24 bits per heavy atom. The third kappa shape index (κ3) is 3.46. The fraction of sp³-hybridized carbons (Fsp3) is 0.222. The summed E-state index contributed by atoms with van der Waals surface area (Å²) in [6.45, 7) is 2.37. The average Bonchev–Trinajstić information content (AvgIpc) is 2.61. The van der Waals surface area contributed by atoms with Crippen molar-refractivity contribution in [2.75, 3.05) is 13.7 Å². The van der Waals surface area contributed by atoms with Gasteiger partial charge in [-0.1, -0.05) is 22.0 Å². The molecule has 1 aliphatic heterocycles. The van der Waals surface area contributed by atoms with Gasteiger partial charge in [0.1, 0.15) is 5.75 Å². The standard InChI is InChI=1S/C18H16BrNO5/c1-3-24-16-6-4-11(10-17(16)23-2)18-14(20(21)22)9-12-8-13(19)5-7-15(12)25-18/h4-10,18H,3H2,1-2H3. The SMILES string of the molecule is CCOc1ccc(C2Oc3ccc(Br)cc3C=C2[N+](=O)[O-])cc1OC. The number of halogens is 1. The highest BCUT2D eigenvalue weighted by molar-refractivity contribution is 9.10. The lowest BCUT2D eigenvalue weighted by Crippen LogP contribution is -2.19. The van der Waals surface area contributed by atoms with Crippen LogP contribution in [0.25, 0.3) is 6.08 Å². The van der Waals surface area contributed by atoms with Gasteiger partial charge in [0.2, 0.25) is 6.10 Å². The lowest BCUT2D eigenvalue weighted by atomic mass is 10.0. The van der Waals surface area contributed by atoms with Crippen LogP contribution in [0.2, 0.25) is 0 Å². The molecule has 1 unspecified atom stereocenters. The molecule has 1 heterocycles. The molecule has 0 spiro atoms. The smallest absolute Gasteiger partial charge is 0.291 e. The van der Waals surface area contributed by atoms with E-state index in [0.29, 0.717) is 35.0 Å². The second-order valence-corrected chi connectivity index (χ2v) is 6.27. The summed E-state index contributed by atoms with van der Waals surface area (Å²) in [5.74, 6) is 1.68. The van der Waals surface area contributed by atoms with Gasteiger partial charge in [0.25, 0.3) is 5.70 Å². The molecule has 0 aromatic heterocycles. The molecule has 6 nitrogen and oxygen atoms in total. The molecule has 25 heavy (non-hydrogen) atoms. The number of nitro groups is 1. The predicted molar refractivity (Wildman–Crippen MR) is 96.6 cm³/mol. The van der Waals surface area contributed by atoms with Crippen LogP contribution in [0.5, 0.6) is 17.2 Å². The van der Waals surface area contributed by atoms with E-state index in [2.05, 4.69) is 15.9 Å². The summed E-state index contributed by atoms with van der Waals surface area (Å²) in [7, 11) is 1.53. The van der Waals surface area contributed by atoms with E-state index < -0.39 is 11.0 Å². The Hall–Kier alpha value is -2.54. The maximum atomic E-state index is 11.5. The first-order chi connectivity index (χ1) is 12.0. The van der Waals surface area contributed by atoms with Crippen molar-refractivity contribution in [1.82, 2.24) is 0 Å². The lowest BCUT2D eigenvalue weighted by molar-refractivity contribution is -0.434. The van der Waals surface area contributed by atoms with E-state index >= 15 is 0 Å². The normalized spacial score (nSPS) is 15.6. The largest absolute Gasteiger partial charge is 0.493 e. The highest BCUT2D eigenvalue weighted by Crippen LogP contribution is 2.40. The van der Waals surface area contributed by atoms with E-state index in [0.717, 1.165) is 4.47 Å². The molecular weight excluding hydrogens is 390 g/mol. The van der Waals surface area contributed by atoms with Crippen molar-refractivity contribution in [1.29, 1.82) is 0 Å². The zero-order chi connectivity index (χ0) is 18.0. The number of benzene rings is 2. The fourth-order valence-electron chi connectivity index (χ4n) is 2.67. The highest BCUT2D eigenvalue weighted by Gasteiger charge is 2.33. The fourth-order valence-corrected chi connectivity index (χ4v) is 3.05. The molecule has 0 radical (unpaired) electrons. The Bertz CT molecular complexity index is 849. The number of hydrogen-bond acceptors (Lipinski definition) is 5. The molecule has 2 aromatic carbocycles. The van der Waals surface area contributed by atoms with E-state index in [4.69, 9.17) is 14.2 Å². The van der Waals surface area contributed by atoms with Crippen molar-refractivity contribution < 1.29 is 19.1 Å². The van der Waals surface area contributed by atoms with Gasteiger partial charge < -0.3 is 14.2 Å². The minimum absolute atomic E-state index is 0.0307. The van der Waals surface area contributed by atoms with Crippen molar-refractivity contribution >= 4 is 22.0 Å². The van der Waals surface area contributed by atoms with Crippen LogP contribution < -0.4 is 14.2 Å². The summed E-state index contributed by atoms with van der Waals surface area (Å²) in [5, 5.41) is 11.5. The van der Waals surface area contributed by atoms with Gasteiger partial charge in [0, 0.05) is 21.7 Å². The highest BCUT2D eigenvalue weighted by atomic mass is 79.9. The Labute approximate surface area is 153 Å². The molecule has 0 N–H and O–H groups in total. The van der Waals surface area contributed by atoms with Crippen molar-refractivity contribution in [3.63, 3.8) is 0 Å². The summed E-state index contributed by atoms with van der Waals surface area (Å²) in [6, 6.07) is 10.6. The van der Waals surface area contributed by atoms with Crippen LogP contribution in [0.4, 0.5) is 0 Å². The van der Waals surface area contributed by atoms with Crippen molar-refractivity contribution in [3.8, 4) is 17.2 Å². The minimum atomic E-state index is -0.826. The molecule has 1 atom stereocenters. The predicted octanol–water partition coefficient (Wildman–Crippen LogP) is 4.61. The van der Waals surface area contributed by atoms with E-state index in [1.807, 2.05) is 13.0 Å². The van der Waals surface area contributed by atoms with Crippen LogP contribution in [-0.2, 0) is 0 Å². The van der Waals surface area contributed by atoms with Crippen molar-refractivity contribution in [3.05, 3.63) is 67.8 Å². The van der Waals surface area contributed by atoms with Crippen LogP contribution in [0.15, 0.2) is 46.6 Å². The first kappa shape index (κ1) is 17.3. The van der Waals surface area contributed by atoms with E-state index in [9.17, 15) is 10.1 Å². The molecule has 7 heteroatoms. The summed E-state index contributed by atoms with van der Waals surface area (Å²) in [5.41, 5.74) is 1.25. The van der Waals surface area contributed by atoms with Crippen LogP contribution in [0.3, 0.4) is 0 Å². The molecule has 0 saturated carbocycles. The van der Waals surface area contributed by atoms with Crippen molar-refractivity contribution in [2.24, 2.45) is 0 Å². The molecule has 0 aliphatic carbocycles. The van der Waals surface area contributed by atoms with Gasteiger partial charge in [-0.15, -0.1) is 0 Å². The second kappa shape index (κ2) is 7.14. The third-order valence-electron chi connectivity index (χ3n) is 3.79. The first-order valence-electron chi connectivity index (χ1n) is 7.66.